The van der Waals surface area contributed by atoms with Gasteiger partial charge in [-0.1, -0.05) is 22.9 Å². The van der Waals surface area contributed by atoms with Gasteiger partial charge in [0.2, 0.25) is 0 Å². The van der Waals surface area contributed by atoms with Crippen molar-refractivity contribution < 1.29 is 2.85 Å². The van der Waals surface area contributed by atoms with Crippen molar-refractivity contribution in [2.24, 2.45) is 0 Å². The van der Waals surface area contributed by atoms with E-state index in [1.165, 1.54) is 6.42 Å². The second kappa shape index (κ2) is 8.98. The SMILES string of the molecule is CCCBr.[H-].[H-].[Mg+2]. The molecule has 5 heavy (non-hydrogen) atoms. The Labute approximate surface area is 60.6 Å². The van der Waals surface area contributed by atoms with Crippen molar-refractivity contribution in [1.29, 1.82) is 0 Å². The Hall–Kier alpha value is 1.25. The molecule has 0 heterocycles. The number of halogens is 1. The third-order valence-corrected chi connectivity index (χ3v) is 0.982. The van der Waals surface area contributed by atoms with Crippen molar-refractivity contribution >= 4 is 39.0 Å². The summed E-state index contributed by atoms with van der Waals surface area (Å²) in [7, 11) is 0. The van der Waals surface area contributed by atoms with E-state index < -0.39 is 0 Å². The van der Waals surface area contributed by atoms with Crippen LogP contribution in [-0.4, -0.2) is 28.4 Å². The summed E-state index contributed by atoms with van der Waals surface area (Å²) in [5.41, 5.74) is 0. The maximum Gasteiger partial charge on any atom is 2.00 e. The summed E-state index contributed by atoms with van der Waals surface area (Å²) in [5.74, 6) is 0. The van der Waals surface area contributed by atoms with E-state index in [4.69, 9.17) is 0 Å². The van der Waals surface area contributed by atoms with E-state index >= 15 is 0 Å². The van der Waals surface area contributed by atoms with Gasteiger partial charge in [-0.25, -0.2) is 0 Å². The van der Waals surface area contributed by atoms with Crippen molar-refractivity contribution in [3.05, 3.63) is 0 Å². The molecular weight excluding hydrogens is 140 g/mol. The second-order valence-corrected chi connectivity index (χ2v) is 1.48. The van der Waals surface area contributed by atoms with Crippen LogP contribution >= 0.6 is 15.9 Å². The largest absolute Gasteiger partial charge is 2.00 e. The van der Waals surface area contributed by atoms with Gasteiger partial charge in [0, 0.05) is 5.33 Å². The van der Waals surface area contributed by atoms with Crippen LogP contribution in [0.1, 0.15) is 16.2 Å². The van der Waals surface area contributed by atoms with Gasteiger partial charge in [0.25, 0.3) is 0 Å². The van der Waals surface area contributed by atoms with Crippen LogP contribution in [-0.2, 0) is 0 Å². The van der Waals surface area contributed by atoms with Crippen molar-refractivity contribution in [3.63, 3.8) is 0 Å². The molecule has 0 spiro atoms. The fourth-order valence-corrected chi connectivity index (χ4v) is 0. The first-order valence-corrected chi connectivity index (χ1v) is 2.60. The molecule has 0 saturated heterocycles. The molecule has 0 aromatic rings. The summed E-state index contributed by atoms with van der Waals surface area (Å²) < 4.78 is 0. The number of rotatable bonds is 1. The number of hydrogen-bond donors (Lipinski definition) is 0. The molecule has 0 aliphatic heterocycles. The molecule has 0 bridgehead atoms. The van der Waals surface area contributed by atoms with Gasteiger partial charge < -0.3 is 2.85 Å². The molecule has 0 radical (unpaired) electrons. The zero-order chi connectivity index (χ0) is 3.41. The molecule has 0 nitrogen and oxygen atoms in total. The van der Waals surface area contributed by atoms with E-state index in [1.807, 2.05) is 0 Å². The van der Waals surface area contributed by atoms with Crippen molar-refractivity contribution in [2.45, 2.75) is 13.3 Å². The van der Waals surface area contributed by atoms with Gasteiger partial charge in [-0.2, -0.15) is 0 Å². The van der Waals surface area contributed by atoms with E-state index in [1.54, 1.807) is 0 Å². The number of hydrogen-bond acceptors (Lipinski definition) is 0. The summed E-state index contributed by atoms with van der Waals surface area (Å²) >= 11 is 3.25. The molecular formula is C3H9BrMg. The molecule has 30 valence electrons. The zero-order valence-electron chi connectivity index (χ0n) is 5.50. The Morgan fingerprint density at radius 2 is 2.00 bits per heavy atom. The monoisotopic (exact) mass is 148 g/mol. The van der Waals surface area contributed by atoms with Crippen LogP contribution in [0.3, 0.4) is 0 Å². The van der Waals surface area contributed by atoms with Crippen molar-refractivity contribution in [2.75, 3.05) is 5.33 Å². The van der Waals surface area contributed by atoms with E-state index in [9.17, 15) is 0 Å². The molecule has 0 fully saturated rings. The molecule has 0 N–H and O–H groups in total. The van der Waals surface area contributed by atoms with Gasteiger partial charge in [0.1, 0.15) is 0 Å². The van der Waals surface area contributed by atoms with Gasteiger partial charge >= 0.3 is 23.1 Å². The minimum Gasteiger partial charge on any atom is -1.00 e. The maximum atomic E-state index is 3.25. The van der Waals surface area contributed by atoms with Gasteiger partial charge in [0.15, 0.2) is 0 Å². The quantitative estimate of drug-likeness (QED) is 0.393. The summed E-state index contributed by atoms with van der Waals surface area (Å²) in [6.07, 6.45) is 1.24. The maximum absolute atomic E-state index is 3.25. The Morgan fingerprint density at radius 3 is 2.00 bits per heavy atom. The van der Waals surface area contributed by atoms with Crippen molar-refractivity contribution in [1.82, 2.24) is 0 Å². The normalized spacial score (nSPS) is 6.00. The summed E-state index contributed by atoms with van der Waals surface area (Å²) in [4.78, 5) is 0. The molecule has 0 aromatic heterocycles. The topological polar surface area (TPSA) is 0 Å². The fraction of sp³-hybridized carbons (Fsp3) is 1.00. The van der Waals surface area contributed by atoms with Crippen LogP contribution in [0, 0.1) is 0 Å². The molecule has 0 rings (SSSR count). The molecule has 0 unspecified atom stereocenters. The van der Waals surface area contributed by atoms with Crippen LogP contribution < -0.4 is 0 Å². The summed E-state index contributed by atoms with van der Waals surface area (Å²) in [6, 6.07) is 0. The predicted molar refractivity (Wildman–Crippen MR) is 32.1 cm³/mol. The predicted octanol–water partition coefficient (Wildman–Crippen LogP) is 1.64. The van der Waals surface area contributed by atoms with E-state index in [-0.39, 0.29) is 25.9 Å². The van der Waals surface area contributed by atoms with E-state index in [2.05, 4.69) is 22.9 Å². The summed E-state index contributed by atoms with van der Waals surface area (Å²) in [5, 5.41) is 1.13. The molecule has 0 atom stereocenters. The van der Waals surface area contributed by atoms with Crippen LogP contribution in [0.4, 0.5) is 0 Å². The molecule has 2 heteroatoms. The van der Waals surface area contributed by atoms with Crippen molar-refractivity contribution in [3.8, 4) is 0 Å². The molecule has 0 aliphatic rings. The molecule has 0 aromatic carbocycles. The van der Waals surface area contributed by atoms with E-state index in [0.29, 0.717) is 0 Å². The Kier molecular flexibility index (Phi) is 17.1. The number of alkyl halides is 1. The zero-order valence-corrected chi connectivity index (χ0v) is 6.50. The average molecular weight is 149 g/mol. The Balaban J connectivity index is -0.0000000150. The summed E-state index contributed by atoms with van der Waals surface area (Å²) in [6.45, 7) is 2.13. The van der Waals surface area contributed by atoms with Crippen LogP contribution in [0.15, 0.2) is 0 Å². The Bertz CT molecular complexity index is 14.9. The minimum atomic E-state index is 0. The molecule has 0 saturated carbocycles. The van der Waals surface area contributed by atoms with Gasteiger partial charge in [-0.15, -0.1) is 0 Å². The Morgan fingerprint density at radius 1 is 1.80 bits per heavy atom. The van der Waals surface area contributed by atoms with Crippen LogP contribution in [0.25, 0.3) is 0 Å². The molecule has 0 amide bonds. The van der Waals surface area contributed by atoms with Crippen LogP contribution in [0.2, 0.25) is 0 Å². The first-order valence-electron chi connectivity index (χ1n) is 1.47. The fourth-order valence-electron chi connectivity index (χ4n) is 0. The first kappa shape index (κ1) is 9.53. The third kappa shape index (κ3) is 11.0. The van der Waals surface area contributed by atoms with Gasteiger partial charge in [0.05, 0.1) is 0 Å². The van der Waals surface area contributed by atoms with E-state index in [0.717, 1.165) is 5.33 Å². The molecule has 0 aliphatic carbocycles. The van der Waals surface area contributed by atoms with Gasteiger partial charge in [-0.3, -0.25) is 0 Å². The first-order chi connectivity index (χ1) is 1.91. The second-order valence-electron chi connectivity index (χ2n) is 0.689. The standard InChI is InChI=1S/C3H7Br.Mg.2H/c1-2-3-4;;;/h2-3H2,1H3;;;/q;+2;2*-1. The van der Waals surface area contributed by atoms with Gasteiger partial charge in [-0.05, 0) is 6.42 Å². The third-order valence-electron chi connectivity index (χ3n) is 0.189. The average Bonchev–Trinajstić information content (AvgIpc) is 1.37. The van der Waals surface area contributed by atoms with Crippen LogP contribution in [0.5, 0.6) is 0 Å². The minimum absolute atomic E-state index is 0. The smallest absolute Gasteiger partial charge is 1.00 e.